The summed E-state index contributed by atoms with van der Waals surface area (Å²) >= 11 is 5.14. The van der Waals surface area contributed by atoms with Crippen LogP contribution >= 0.6 is 12.2 Å². The van der Waals surface area contributed by atoms with E-state index in [1.807, 2.05) is 36.4 Å². The molecule has 0 radical (unpaired) electrons. The van der Waals surface area contributed by atoms with Crippen molar-refractivity contribution in [2.75, 3.05) is 7.11 Å². The minimum atomic E-state index is 0.0609. The number of benzene rings is 1. The molecule has 1 aromatic rings. The van der Waals surface area contributed by atoms with Crippen LogP contribution in [-0.4, -0.2) is 22.9 Å². The van der Waals surface area contributed by atoms with Gasteiger partial charge in [-0.25, -0.2) is 5.01 Å². The van der Waals surface area contributed by atoms with Gasteiger partial charge >= 0.3 is 0 Å². The molecule has 2 aliphatic rings. The van der Waals surface area contributed by atoms with Crippen molar-refractivity contribution in [1.82, 2.24) is 5.01 Å². The Hall–Kier alpha value is -2.14. The standard InChI is InChI=1S/C16H17N3OS/c1-20-13-8-6-12(7-9-13)15-10-14(11-4-2-3-5-11)18-19(15)16(17)21/h2-9,11,15H,10H2,1H3,(H2,17,21). The first kappa shape index (κ1) is 13.8. The average Bonchev–Trinajstić information content (AvgIpc) is 3.16. The van der Waals surface area contributed by atoms with Crippen LogP contribution in [0.25, 0.3) is 0 Å². The van der Waals surface area contributed by atoms with Crippen molar-refractivity contribution < 1.29 is 4.74 Å². The summed E-state index contributed by atoms with van der Waals surface area (Å²) in [4.78, 5) is 0. The van der Waals surface area contributed by atoms with E-state index < -0.39 is 0 Å². The Bertz CT molecular complexity index is 621. The van der Waals surface area contributed by atoms with Crippen molar-refractivity contribution in [2.45, 2.75) is 12.5 Å². The van der Waals surface area contributed by atoms with Gasteiger partial charge in [0, 0.05) is 12.3 Å². The van der Waals surface area contributed by atoms with Crippen LogP contribution in [0, 0.1) is 5.92 Å². The molecule has 4 nitrogen and oxygen atoms in total. The monoisotopic (exact) mass is 299 g/mol. The first-order valence-corrected chi connectivity index (χ1v) is 7.25. The Morgan fingerprint density at radius 3 is 2.52 bits per heavy atom. The van der Waals surface area contributed by atoms with E-state index in [2.05, 4.69) is 17.3 Å². The highest BCUT2D eigenvalue weighted by Crippen LogP contribution is 2.34. The van der Waals surface area contributed by atoms with E-state index in [1.165, 1.54) is 0 Å². The van der Waals surface area contributed by atoms with Gasteiger partial charge in [0.05, 0.1) is 18.9 Å². The number of nitrogens with two attached hydrogens (primary N) is 1. The lowest BCUT2D eigenvalue weighted by molar-refractivity contribution is 0.371. The molecule has 1 unspecified atom stereocenters. The lowest BCUT2D eigenvalue weighted by Crippen LogP contribution is -2.31. The van der Waals surface area contributed by atoms with Gasteiger partial charge in [-0.05, 0) is 29.9 Å². The SMILES string of the molecule is COc1ccc(C2CC(C3C=CC=C3)=NN2C(N)=S)cc1. The number of hydrogen-bond acceptors (Lipinski definition) is 3. The summed E-state index contributed by atoms with van der Waals surface area (Å²) in [5.74, 6) is 1.09. The first-order chi connectivity index (χ1) is 10.2. The van der Waals surface area contributed by atoms with Crippen LogP contribution in [0.5, 0.6) is 5.75 Å². The molecule has 0 spiro atoms. The van der Waals surface area contributed by atoms with Crippen molar-refractivity contribution in [1.29, 1.82) is 0 Å². The van der Waals surface area contributed by atoms with Gasteiger partial charge in [-0.15, -0.1) is 0 Å². The number of ether oxygens (including phenoxy) is 1. The molecular formula is C16H17N3OS. The molecule has 108 valence electrons. The molecule has 0 fully saturated rings. The highest BCUT2D eigenvalue weighted by atomic mass is 32.1. The second-order valence-electron chi connectivity index (χ2n) is 5.06. The molecule has 1 atom stereocenters. The molecule has 5 heteroatoms. The number of rotatable bonds is 3. The molecular weight excluding hydrogens is 282 g/mol. The third-order valence-electron chi connectivity index (χ3n) is 3.79. The molecule has 0 aromatic heterocycles. The van der Waals surface area contributed by atoms with Gasteiger partial charge in [0.1, 0.15) is 5.75 Å². The molecule has 1 aliphatic heterocycles. The van der Waals surface area contributed by atoms with Gasteiger partial charge in [-0.2, -0.15) is 5.10 Å². The fraction of sp³-hybridized carbons (Fsp3) is 0.250. The van der Waals surface area contributed by atoms with Crippen molar-refractivity contribution in [2.24, 2.45) is 16.8 Å². The fourth-order valence-corrected chi connectivity index (χ4v) is 2.85. The second kappa shape index (κ2) is 5.69. The maximum atomic E-state index is 5.83. The topological polar surface area (TPSA) is 50.8 Å². The van der Waals surface area contributed by atoms with Gasteiger partial charge < -0.3 is 10.5 Å². The minimum Gasteiger partial charge on any atom is -0.497 e. The molecule has 1 aromatic carbocycles. The van der Waals surface area contributed by atoms with Crippen molar-refractivity contribution >= 4 is 23.0 Å². The fourth-order valence-electron chi connectivity index (χ4n) is 2.68. The summed E-state index contributed by atoms with van der Waals surface area (Å²) in [7, 11) is 1.66. The molecule has 0 bridgehead atoms. The summed E-state index contributed by atoms with van der Waals surface area (Å²) in [5.41, 5.74) is 8.06. The van der Waals surface area contributed by atoms with Crippen LogP contribution in [-0.2, 0) is 0 Å². The van der Waals surface area contributed by atoms with E-state index in [0.717, 1.165) is 23.4 Å². The third-order valence-corrected chi connectivity index (χ3v) is 3.98. The summed E-state index contributed by atoms with van der Waals surface area (Å²) in [6.07, 6.45) is 9.17. The van der Waals surface area contributed by atoms with E-state index in [4.69, 9.17) is 22.7 Å². The van der Waals surface area contributed by atoms with E-state index in [9.17, 15) is 0 Å². The van der Waals surface area contributed by atoms with Crippen LogP contribution in [0.4, 0.5) is 0 Å². The predicted octanol–water partition coefficient (Wildman–Crippen LogP) is 2.78. The Morgan fingerprint density at radius 2 is 1.95 bits per heavy atom. The van der Waals surface area contributed by atoms with Gasteiger partial charge in [-0.1, -0.05) is 36.4 Å². The predicted molar refractivity (Wildman–Crippen MR) is 88.2 cm³/mol. The molecule has 0 saturated heterocycles. The number of allylic oxidation sites excluding steroid dienone is 4. The lowest BCUT2D eigenvalue weighted by atomic mass is 9.96. The Labute approximate surface area is 129 Å². The average molecular weight is 299 g/mol. The molecule has 21 heavy (non-hydrogen) atoms. The summed E-state index contributed by atoms with van der Waals surface area (Å²) in [6.45, 7) is 0. The van der Waals surface area contributed by atoms with Gasteiger partial charge in [0.25, 0.3) is 0 Å². The number of hydrazone groups is 1. The van der Waals surface area contributed by atoms with Gasteiger partial charge in [0.15, 0.2) is 5.11 Å². The Kier molecular flexibility index (Phi) is 3.75. The zero-order valence-electron chi connectivity index (χ0n) is 11.8. The molecule has 3 rings (SSSR count). The zero-order chi connectivity index (χ0) is 14.8. The van der Waals surface area contributed by atoms with Gasteiger partial charge in [-0.3, -0.25) is 0 Å². The maximum absolute atomic E-state index is 5.83. The normalized spacial score (nSPS) is 20.9. The highest BCUT2D eigenvalue weighted by Gasteiger charge is 2.32. The minimum absolute atomic E-state index is 0.0609. The number of hydrogen-bond donors (Lipinski definition) is 1. The van der Waals surface area contributed by atoms with E-state index in [-0.39, 0.29) is 12.0 Å². The first-order valence-electron chi connectivity index (χ1n) is 6.84. The molecule has 1 heterocycles. The Morgan fingerprint density at radius 1 is 1.29 bits per heavy atom. The number of methoxy groups -OCH3 is 1. The summed E-state index contributed by atoms with van der Waals surface area (Å²) < 4.78 is 5.20. The van der Waals surface area contributed by atoms with E-state index in [0.29, 0.717) is 5.11 Å². The molecule has 2 N–H and O–H groups in total. The lowest BCUT2D eigenvalue weighted by Gasteiger charge is -2.22. The third kappa shape index (κ3) is 2.69. The number of nitrogens with zero attached hydrogens (tertiary/aromatic N) is 2. The summed E-state index contributed by atoms with van der Waals surface area (Å²) in [6, 6.07) is 8.02. The van der Waals surface area contributed by atoms with Crippen molar-refractivity contribution in [3.63, 3.8) is 0 Å². The van der Waals surface area contributed by atoms with Crippen molar-refractivity contribution in [3.8, 4) is 5.75 Å². The van der Waals surface area contributed by atoms with E-state index >= 15 is 0 Å². The van der Waals surface area contributed by atoms with Crippen LogP contribution in [0.2, 0.25) is 0 Å². The quantitative estimate of drug-likeness (QED) is 0.872. The van der Waals surface area contributed by atoms with Crippen LogP contribution in [0.1, 0.15) is 18.0 Å². The molecule has 0 saturated carbocycles. The summed E-state index contributed by atoms with van der Waals surface area (Å²) in [5, 5.41) is 6.67. The van der Waals surface area contributed by atoms with Crippen LogP contribution < -0.4 is 10.5 Å². The molecule has 0 amide bonds. The maximum Gasteiger partial charge on any atom is 0.187 e. The number of thiocarbonyl (C=S) groups is 1. The van der Waals surface area contributed by atoms with Crippen molar-refractivity contribution in [3.05, 3.63) is 54.1 Å². The largest absolute Gasteiger partial charge is 0.497 e. The highest BCUT2D eigenvalue weighted by molar-refractivity contribution is 7.80. The Balaban J connectivity index is 1.86. The zero-order valence-corrected chi connectivity index (χ0v) is 12.6. The molecule has 1 aliphatic carbocycles. The smallest absolute Gasteiger partial charge is 0.187 e. The van der Waals surface area contributed by atoms with Crippen LogP contribution in [0.3, 0.4) is 0 Å². The van der Waals surface area contributed by atoms with Gasteiger partial charge in [0.2, 0.25) is 0 Å². The second-order valence-corrected chi connectivity index (χ2v) is 5.48. The van der Waals surface area contributed by atoms with Crippen LogP contribution in [0.15, 0.2) is 53.7 Å². The van der Waals surface area contributed by atoms with E-state index in [1.54, 1.807) is 12.1 Å².